The maximum absolute atomic E-state index is 13.0. The van der Waals surface area contributed by atoms with E-state index in [1.165, 1.54) is 10.7 Å². The number of nitrogens with one attached hydrogen (secondary N) is 1. The number of benzene rings is 2. The van der Waals surface area contributed by atoms with Crippen LogP contribution in [-0.2, 0) is 6.54 Å². The van der Waals surface area contributed by atoms with E-state index in [9.17, 15) is 19.7 Å². The van der Waals surface area contributed by atoms with E-state index in [1.807, 2.05) is 4.90 Å². The SMILES string of the molecule is Cc1cc([N+](=O)[O-])nn1Cc1ccccc1C(=O)Nc1ccc(C(=O)N2CCCCC2)cc1. The summed E-state index contributed by atoms with van der Waals surface area (Å²) in [5, 5.41) is 17.9. The fraction of sp³-hybridized carbons (Fsp3) is 0.292. The molecule has 0 saturated carbocycles. The molecule has 9 nitrogen and oxygen atoms in total. The lowest BCUT2D eigenvalue weighted by atomic mass is 10.1. The van der Waals surface area contributed by atoms with Crippen LogP contribution in [0.25, 0.3) is 0 Å². The van der Waals surface area contributed by atoms with E-state index in [0.717, 1.165) is 32.4 Å². The Hall–Kier alpha value is -4.01. The van der Waals surface area contributed by atoms with Gasteiger partial charge in [0, 0.05) is 29.9 Å². The van der Waals surface area contributed by atoms with Gasteiger partial charge in [-0.15, -0.1) is 0 Å². The number of nitro groups is 1. The van der Waals surface area contributed by atoms with Gasteiger partial charge < -0.3 is 20.3 Å². The molecule has 1 aliphatic heterocycles. The molecule has 0 unspecified atom stereocenters. The number of anilines is 1. The Labute approximate surface area is 191 Å². The monoisotopic (exact) mass is 447 g/mol. The molecule has 0 bridgehead atoms. The number of aryl methyl sites for hydroxylation is 1. The maximum Gasteiger partial charge on any atom is 0.390 e. The first-order valence-electron chi connectivity index (χ1n) is 10.9. The highest BCUT2D eigenvalue weighted by molar-refractivity contribution is 6.05. The minimum absolute atomic E-state index is 0.0154. The molecule has 3 aromatic rings. The van der Waals surface area contributed by atoms with E-state index >= 15 is 0 Å². The molecule has 2 amide bonds. The first kappa shape index (κ1) is 22.2. The van der Waals surface area contributed by atoms with Crippen LogP contribution >= 0.6 is 0 Å². The van der Waals surface area contributed by atoms with Crippen molar-refractivity contribution in [2.45, 2.75) is 32.7 Å². The number of piperidine rings is 1. The number of rotatable bonds is 6. The van der Waals surface area contributed by atoms with Crippen molar-refractivity contribution in [1.29, 1.82) is 0 Å². The molecule has 4 rings (SSSR count). The molecule has 9 heteroatoms. The Kier molecular flexibility index (Phi) is 6.48. The quantitative estimate of drug-likeness (QED) is 0.453. The minimum atomic E-state index is -0.540. The van der Waals surface area contributed by atoms with Crippen molar-refractivity contribution in [3.05, 3.63) is 87.1 Å². The zero-order valence-electron chi connectivity index (χ0n) is 18.4. The number of carbonyl (C=O) groups excluding carboxylic acids is 2. The van der Waals surface area contributed by atoms with Crippen molar-refractivity contribution in [3.8, 4) is 0 Å². The van der Waals surface area contributed by atoms with Gasteiger partial charge in [0.15, 0.2) is 0 Å². The highest BCUT2D eigenvalue weighted by atomic mass is 16.6. The summed E-state index contributed by atoms with van der Waals surface area (Å²) >= 11 is 0. The van der Waals surface area contributed by atoms with Crippen LogP contribution in [0.4, 0.5) is 11.5 Å². The summed E-state index contributed by atoms with van der Waals surface area (Å²) in [7, 11) is 0. The highest BCUT2D eigenvalue weighted by Crippen LogP contribution is 2.19. The van der Waals surface area contributed by atoms with E-state index in [2.05, 4.69) is 10.4 Å². The second-order valence-electron chi connectivity index (χ2n) is 8.10. The Morgan fingerprint density at radius 2 is 1.76 bits per heavy atom. The average Bonchev–Trinajstić information content (AvgIpc) is 3.20. The maximum atomic E-state index is 13.0. The van der Waals surface area contributed by atoms with E-state index in [4.69, 9.17) is 0 Å². The molecule has 1 aromatic heterocycles. The van der Waals surface area contributed by atoms with Gasteiger partial charge >= 0.3 is 5.82 Å². The number of hydrogen-bond acceptors (Lipinski definition) is 5. The molecule has 0 spiro atoms. The standard InChI is InChI=1S/C24H25N5O4/c1-17-15-22(29(32)33)26-28(17)16-19-7-3-4-8-21(19)23(30)25-20-11-9-18(10-12-20)24(31)27-13-5-2-6-14-27/h3-4,7-12,15H,2,5-6,13-14,16H2,1H3,(H,25,30). The van der Waals surface area contributed by atoms with E-state index in [-0.39, 0.29) is 24.2 Å². The molecule has 2 heterocycles. The van der Waals surface area contributed by atoms with Gasteiger partial charge in [-0.2, -0.15) is 4.68 Å². The number of nitrogens with zero attached hydrogens (tertiary/aromatic N) is 4. The smallest absolute Gasteiger partial charge is 0.358 e. The van der Waals surface area contributed by atoms with Crippen molar-refractivity contribution in [3.63, 3.8) is 0 Å². The van der Waals surface area contributed by atoms with Gasteiger partial charge in [-0.25, -0.2) is 0 Å². The summed E-state index contributed by atoms with van der Waals surface area (Å²) in [5.41, 5.74) is 2.95. The Morgan fingerprint density at radius 1 is 1.06 bits per heavy atom. The summed E-state index contributed by atoms with van der Waals surface area (Å²) in [4.78, 5) is 37.9. The van der Waals surface area contributed by atoms with Gasteiger partial charge in [0.25, 0.3) is 11.8 Å². The van der Waals surface area contributed by atoms with E-state index in [0.29, 0.717) is 28.1 Å². The van der Waals surface area contributed by atoms with Gasteiger partial charge in [-0.05, 0) is 67.0 Å². The summed E-state index contributed by atoms with van der Waals surface area (Å²) in [6.45, 7) is 3.53. The Balaban J connectivity index is 1.47. The highest BCUT2D eigenvalue weighted by Gasteiger charge is 2.20. The van der Waals surface area contributed by atoms with Gasteiger partial charge in [-0.1, -0.05) is 18.2 Å². The fourth-order valence-corrected chi connectivity index (χ4v) is 3.96. The topological polar surface area (TPSA) is 110 Å². The second-order valence-corrected chi connectivity index (χ2v) is 8.10. The average molecular weight is 447 g/mol. The molecule has 1 aliphatic rings. The third kappa shape index (κ3) is 5.08. The number of aromatic nitrogens is 2. The first-order chi connectivity index (χ1) is 15.9. The number of amides is 2. The molecule has 170 valence electrons. The number of likely N-dealkylation sites (tertiary alicyclic amines) is 1. The van der Waals surface area contributed by atoms with Crippen molar-refractivity contribution < 1.29 is 14.5 Å². The predicted molar refractivity (Wildman–Crippen MR) is 123 cm³/mol. The van der Waals surface area contributed by atoms with Crippen LogP contribution in [0.15, 0.2) is 54.6 Å². The predicted octanol–water partition coefficient (Wildman–Crippen LogP) is 4.03. The Bertz CT molecular complexity index is 1180. The van der Waals surface area contributed by atoms with Crippen LogP contribution in [-0.4, -0.2) is 44.5 Å². The molecule has 0 atom stereocenters. The third-order valence-electron chi connectivity index (χ3n) is 5.77. The van der Waals surface area contributed by atoms with Gasteiger partial charge in [-0.3, -0.25) is 9.59 Å². The summed E-state index contributed by atoms with van der Waals surface area (Å²) in [6.07, 6.45) is 3.22. The van der Waals surface area contributed by atoms with Crippen molar-refractivity contribution in [2.75, 3.05) is 18.4 Å². The van der Waals surface area contributed by atoms with Crippen molar-refractivity contribution in [1.82, 2.24) is 14.7 Å². The lowest BCUT2D eigenvalue weighted by Gasteiger charge is -2.26. The molecule has 0 radical (unpaired) electrons. The Morgan fingerprint density at radius 3 is 2.42 bits per heavy atom. The lowest BCUT2D eigenvalue weighted by molar-refractivity contribution is -0.389. The fourth-order valence-electron chi connectivity index (χ4n) is 3.96. The minimum Gasteiger partial charge on any atom is -0.358 e. The molecule has 1 N–H and O–H groups in total. The lowest BCUT2D eigenvalue weighted by Crippen LogP contribution is -2.35. The van der Waals surface area contributed by atoms with Gasteiger partial charge in [0.05, 0.1) is 23.4 Å². The normalized spacial score (nSPS) is 13.5. The zero-order valence-corrected chi connectivity index (χ0v) is 18.4. The number of hydrogen-bond donors (Lipinski definition) is 1. The second kappa shape index (κ2) is 9.64. The van der Waals surface area contributed by atoms with Crippen LogP contribution in [0, 0.1) is 17.0 Å². The van der Waals surface area contributed by atoms with E-state index < -0.39 is 4.92 Å². The summed E-state index contributed by atoms with van der Waals surface area (Å²) in [6, 6.07) is 15.4. The molecule has 0 aliphatic carbocycles. The molecule has 2 aromatic carbocycles. The van der Waals surface area contributed by atoms with E-state index in [1.54, 1.807) is 55.5 Å². The first-order valence-corrected chi connectivity index (χ1v) is 10.9. The van der Waals surface area contributed by atoms with Gasteiger partial charge in [0.1, 0.15) is 0 Å². The van der Waals surface area contributed by atoms with Crippen LogP contribution in [0.1, 0.15) is 51.2 Å². The zero-order chi connectivity index (χ0) is 23.4. The summed E-state index contributed by atoms with van der Waals surface area (Å²) in [5.74, 6) is -0.518. The summed E-state index contributed by atoms with van der Waals surface area (Å²) < 4.78 is 1.51. The van der Waals surface area contributed by atoms with Crippen molar-refractivity contribution in [2.24, 2.45) is 0 Å². The van der Waals surface area contributed by atoms with Crippen LogP contribution in [0.5, 0.6) is 0 Å². The van der Waals surface area contributed by atoms with Crippen LogP contribution in [0.2, 0.25) is 0 Å². The van der Waals surface area contributed by atoms with Crippen LogP contribution < -0.4 is 5.32 Å². The van der Waals surface area contributed by atoms with Crippen LogP contribution in [0.3, 0.4) is 0 Å². The molecular formula is C24H25N5O4. The molecule has 1 saturated heterocycles. The third-order valence-corrected chi connectivity index (χ3v) is 5.77. The van der Waals surface area contributed by atoms with Crippen molar-refractivity contribution >= 4 is 23.3 Å². The molecule has 33 heavy (non-hydrogen) atoms. The number of carbonyl (C=O) groups is 2. The molecular weight excluding hydrogens is 422 g/mol. The largest absolute Gasteiger partial charge is 0.390 e. The van der Waals surface area contributed by atoms with Gasteiger partial charge in [0.2, 0.25) is 0 Å². The molecule has 1 fully saturated rings.